The second-order valence-electron chi connectivity index (χ2n) is 7.37. The van der Waals surface area contributed by atoms with Crippen LogP contribution >= 0.6 is 0 Å². The Morgan fingerprint density at radius 2 is 1.84 bits per heavy atom. The van der Waals surface area contributed by atoms with Crippen LogP contribution in [0.1, 0.15) is 72.1 Å². The molecule has 3 heteroatoms. The van der Waals surface area contributed by atoms with Crippen molar-refractivity contribution in [3.05, 3.63) is 0 Å². The first kappa shape index (κ1) is 14.8. The molecule has 0 aromatic rings. The predicted molar refractivity (Wildman–Crippen MR) is 78.7 cm³/mol. The average molecular weight is 266 g/mol. The SMILES string of the molecule is CCC(C)(C)C1CCC(NC(=O)C2(N)CCC2)CC1. The van der Waals surface area contributed by atoms with E-state index in [9.17, 15) is 4.79 Å². The molecular weight excluding hydrogens is 236 g/mol. The minimum Gasteiger partial charge on any atom is -0.352 e. The highest BCUT2D eigenvalue weighted by atomic mass is 16.2. The van der Waals surface area contributed by atoms with Gasteiger partial charge in [-0.3, -0.25) is 4.79 Å². The van der Waals surface area contributed by atoms with E-state index in [0.717, 1.165) is 38.0 Å². The average Bonchev–Trinajstić information content (AvgIpc) is 2.36. The van der Waals surface area contributed by atoms with E-state index in [1.807, 2.05) is 0 Å². The lowest BCUT2D eigenvalue weighted by Crippen LogP contribution is -2.60. The third kappa shape index (κ3) is 3.13. The fourth-order valence-electron chi connectivity index (χ4n) is 3.42. The van der Waals surface area contributed by atoms with E-state index >= 15 is 0 Å². The summed E-state index contributed by atoms with van der Waals surface area (Å²) in [4.78, 5) is 12.1. The molecule has 0 atom stereocenters. The molecule has 0 radical (unpaired) electrons. The van der Waals surface area contributed by atoms with Crippen LogP contribution in [0.25, 0.3) is 0 Å². The van der Waals surface area contributed by atoms with Crippen molar-refractivity contribution in [3.63, 3.8) is 0 Å². The van der Waals surface area contributed by atoms with Gasteiger partial charge in [-0.05, 0) is 56.3 Å². The largest absolute Gasteiger partial charge is 0.352 e. The predicted octanol–water partition coefficient (Wildman–Crippen LogP) is 2.98. The van der Waals surface area contributed by atoms with E-state index in [-0.39, 0.29) is 5.91 Å². The van der Waals surface area contributed by atoms with Crippen LogP contribution in [-0.4, -0.2) is 17.5 Å². The second-order valence-corrected chi connectivity index (χ2v) is 7.37. The zero-order valence-corrected chi connectivity index (χ0v) is 12.8. The van der Waals surface area contributed by atoms with Crippen molar-refractivity contribution in [1.82, 2.24) is 5.32 Å². The molecule has 3 nitrogen and oxygen atoms in total. The molecule has 0 heterocycles. The molecule has 0 spiro atoms. The molecule has 2 saturated carbocycles. The highest BCUT2D eigenvalue weighted by Gasteiger charge is 2.41. The lowest BCUT2D eigenvalue weighted by Gasteiger charge is -2.41. The van der Waals surface area contributed by atoms with Crippen molar-refractivity contribution in [1.29, 1.82) is 0 Å². The molecule has 2 fully saturated rings. The van der Waals surface area contributed by atoms with Crippen molar-refractivity contribution in [2.24, 2.45) is 17.1 Å². The van der Waals surface area contributed by atoms with Crippen molar-refractivity contribution in [2.45, 2.75) is 83.7 Å². The molecule has 0 unspecified atom stereocenters. The molecule has 2 aliphatic rings. The number of nitrogens with two attached hydrogens (primary N) is 1. The lowest BCUT2D eigenvalue weighted by molar-refractivity contribution is -0.130. The number of carbonyl (C=O) groups is 1. The fraction of sp³-hybridized carbons (Fsp3) is 0.938. The summed E-state index contributed by atoms with van der Waals surface area (Å²) in [6.07, 6.45) is 8.77. The summed E-state index contributed by atoms with van der Waals surface area (Å²) in [6.45, 7) is 7.03. The van der Waals surface area contributed by atoms with Crippen molar-refractivity contribution in [3.8, 4) is 0 Å². The topological polar surface area (TPSA) is 55.1 Å². The number of carbonyl (C=O) groups excluding carboxylic acids is 1. The minimum atomic E-state index is -0.542. The maximum atomic E-state index is 12.1. The summed E-state index contributed by atoms with van der Waals surface area (Å²) < 4.78 is 0. The van der Waals surface area contributed by atoms with E-state index < -0.39 is 5.54 Å². The Morgan fingerprint density at radius 3 is 2.26 bits per heavy atom. The van der Waals surface area contributed by atoms with Gasteiger partial charge < -0.3 is 11.1 Å². The van der Waals surface area contributed by atoms with E-state index in [2.05, 4.69) is 26.1 Å². The van der Waals surface area contributed by atoms with Gasteiger partial charge in [0, 0.05) is 6.04 Å². The number of hydrogen-bond acceptors (Lipinski definition) is 2. The highest BCUT2D eigenvalue weighted by molar-refractivity contribution is 5.87. The normalized spacial score (nSPS) is 30.5. The van der Waals surface area contributed by atoms with Gasteiger partial charge in [0.15, 0.2) is 0 Å². The molecule has 2 rings (SSSR count). The van der Waals surface area contributed by atoms with E-state index in [0.29, 0.717) is 11.5 Å². The van der Waals surface area contributed by atoms with E-state index in [1.54, 1.807) is 0 Å². The smallest absolute Gasteiger partial charge is 0.240 e. The van der Waals surface area contributed by atoms with Crippen LogP contribution in [0.2, 0.25) is 0 Å². The Balaban J connectivity index is 1.79. The zero-order valence-electron chi connectivity index (χ0n) is 12.8. The molecule has 0 bridgehead atoms. The van der Waals surface area contributed by atoms with Gasteiger partial charge in [-0.2, -0.15) is 0 Å². The van der Waals surface area contributed by atoms with Crippen molar-refractivity contribution in [2.75, 3.05) is 0 Å². The summed E-state index contributed by atoms with van der Waals surface area (Å²) >= 11 is 0. The van der Waals surface area contributed by atoms with Gasteiger partial charge in [-0.1, -0.05) is 27.2 Å². The number of nitrogens with one attached hydrogen (secondary N) is 1. The van der Waals surface area contributed by atoms with Gasteiger partial charge in [-0.25, -0.2) is 0 Å². The fourth-order valence-corrected chi connectivity index (χ4v) is 3.42. The molecule has 110 valence electrons. The number of rotatable bonds is 4. The van der Waals surface area contributed by atoms with Gasteiger partial charge >= 0.3 is 0 Å². The van der Waals surface area contributed by atoms with Gasteiger partial charge in [0.25, 0.3) is 0 Å². The number of amides is 1. The maximum Gasteiger partial charge on any atom is 0.240 e. The molecule has 0 aliphatic heterocycles. The third-order valence-electron chi connectivity index (χ3n) is 5.78. The van der Waals surface area contributed by atoms with Crippen LogP contribution in [0.4, 0.5) is 0 Å². The molecular formula is C16H30N2O. The molecule has 0 saturated heterocycles. The van der Waals surface area contributed by atoms with Crippen LogP contribution in [-0.2, 0) is 4.79 Å². The van der Waals surface area contributed by atoms with Gasteiger partial charge in [0.1, 0.15) is 0 Å². The van der Waals surface area contributed by atoms with Crippen molar-refractivity contribution < 1.29 is 4.79 Å². The van der Waals surface area contributed by atoms with E-state index in [4.69, 9.17) is 5.73 Å². The Hall–Kier alpha value is -0.570. The van der Waals surface area contributed by atoms with Crippen LogP contribution in [0.15, 0.2) is 0 Å². The van der Waals surface area contributed by atoms with Crippen LogP contribution in [0, 0.1) is 11.3 Å². The maximum absolute atomic E-state index is 12.1. The Labute approximate surface area is 117 Å². The van der Waals surface area contributed by atoms with Crippen molar-refractivity contribution >= 4 is 5.91 Å². The van der Waals surface area contributed by atoms with Crippen LogP contribution in [0.3, 0.4) is 0 Å². The third-order valence-corrected chi connectivity index (χ3v) is 5.78. The lowest BCUT2D eigenvalue weighted by atomic mass is 9.68. The molecule has 1 amide bonds. The summed E-state index contributed by atoms with van der Waals surface area (Å²) in [6, 6.07) is 0.359. The summed E-state index contributed by atoms with van der Waals surface area (Å²) in [5.41, 5.74) is 5.97. The Kier molecular flexibility index (Phi) is 4.24. The van der Waals surface area contributed by atoms with Crippen LogP contribution < -0.4 is 11.1 Å². The summed E-state index contributed by atoms with van der Waals surface area (Å²) in [5, 5.41) is 3.19. The second kappa shape index (κ2) is 5.43. The van der Waals surface area contributed by atoms with E-state index in [1.165, 1.54) is 19.3 Å². The number of hydrogen-bond donors (Lipinski definition) is 2. The molecule has 0 aromatic heterocycles. The first-order chi connectivity index (χ1) is 8.87. The molecule has 0 aromatic carbocycles. The van der Waals surface area contributed by atoms with Gasteiger partial charge in [0.2, 0.25) is 5.91 Å². The zero-order chi connectivity index (χ0) is 14.1. The Bertz CT molecular complexity index is 326. The van der Waals surface area contributed by atoms with Gasteiger partial charge in [-0.15, -0.1) is 0 Å². The summed E-state index contributed by atoms with van der Waals surface area (Å²) in [5.74, 6) is 0.901. The molecule has 3 N–H and O–H groups in total. The monoisotopic (exact) mass is 266 g/mol. The minimum absolute atomic E-state index is 0.0944. The molecule has 2 aliphatic carbocycles. The standard InChI is InChI=1S/C16H30N2O/c1-4-15(2,3)12-6-8-13(9-7-12)18-14(19)16(17)10-5-11-16/h12-13H,4-11,17H2,1-3H3,(H,18,19). The first-order valence-corrected chi connectivity index (χ1v) is 7.97. The van der Waals surface area contributed by atoms with Gasteiger partial charge in [0.05, 0.1) is 5.54 Å². The summed E-state index contributed by atoms with van der Waals surface area (Å²) in [7, 11) is 0. The quantitative estimate of drug-likeness (QED) is 0.822. The first-order valence-electron chi connectivity index (χ1n) is 7.97. The molecule has 19 heavy (non-hydrogen) atoms. The highest BCUT2D eigenvalue weighted by Crippen LogP contribution is 2.40. The Morgan fingerprint density at radius 1 is 1.26 bits per heavy atom. The van der Waals surface area contributed by atoms with Crippen LogP contribution in [0.5, 0.6) is 0 Å².